The Balaban J connectivity index is 2.78. The zero-order chi connectivity index (χ0) is 10.7. The molecule has 4 nitrogen and oxygen atoms in total. The van der Waals surface area contributed by atoms with E-state index in [1.54, 1.807) is 0 Å². The van der Waals surface area contributed by atoms with Crippen LogP contribution >= 0.6 is 0 Å². The van der Waals surface area contributed by atoms with Crippen LogP contribution in [0.2, 0.25) is 0 Å². The van der Waals surface area contributed by atoms with Gasteiger partial charge in [0.2, 0.25) is 5.91 Å². The quantitative estimate of drug-likeness (QED) is 0.678. The number of aliphatic hydroxyl groups excluding tert-OH is 1. The first-order valence-corrected chi connectivity index (χ1v) is 5.19. The fourth-order valence-electron chi connectivity index (χ4n) is 1.87. The van der Waals surface area contributed by atoms with Gasteiger partial charge >= 0.3 is 0 Å². The monoisotopic (exact) mass is 200 g/mol. The number of carbonyl (C=O) groups excluding carboxylic acids is 1. The third-order valence-corrected chi connectivity index (χ3v) is 2.81. The van der Waals surface area contributed by atoms with Gasteiger partial charge in [-0.3, -0.25) is 9.69 Å². The molecule has 1 N–H and O–H groups in total. The molecule has 1 unspecified atom stereocenters. The maximum absolute atomic E-state index is 12.0. The molecule has 1 fully saturated rings. The first kappa shape index (κ1) is 11.5. The summed E-state index contributed by atoms with van der Waals surface area (Å²) in [5.74, 6) is 0.0579. The fourth-order valence-corrected chi connectivity index (χ4v) is 1.87. The lowest BCUT2D eigenvalue weighted by molar-refractivity contribution is -0.137. The van der Waals surface area contributed by atoms with Crippen molar-refractivity contribution in [3.8, 4) is 0 Å². The zero-order valence-electron chi connectivity index (χ0n) is 9.23. The van der Waals surface area contributed by atoms with Crippen molar-refractivity contribution >= 4 is 5.91 Å². The summed E-state index contributed by atoms with van der Waals surface area (Å²) in [6.07, 6.45) is 0.983. The Bertz CT molecular complexity index is 202. The average Bonchev–Trinajstić information content (AvgIpc) is 2.25. The van der Waals surface area contributed by atoms with Crippen LogP contribution in [0.25, 0.3) is 0 Å². The highest BCUT2D eigenvalue weighted by Gasteiger charge is 2.30. The van der Waals surface area contributed by atoms with E-state index in [1.807, 2.05) is 30.7 Å². The van der Waals surface area contributed by atoms with Gasteiger partial charge in [0.25, 0.3) is 0 Å². The minimum atomic E-state index is -0.347. The van der Waals surface area contributed by atoms with Crippen molar-refractivity contribution in [3.05, 3.63) is 0 Å². The molecular formula is C10H20N2O2. The maximum atomic E-state index is 12.0. The standard InChI is InChI=1S/C10H20N2O2/c1-8(2)12-6-4-5-11(3)9(7-13)10(12)14/h8-9,13H,4-7H2,1-3H3. The van der Waals surface area contributed by atoms with E-state index in [4.69, 9.17) is 5.11 Å². The minimum Gasteiger partial charge on any atom is -0.394 e. The van der Waals surface area contributed by atoms with Gasteiger partial charge in [-0.2, -0.15) is 0 Å². The van der Waals surface area contributed by atoms with Gasteiger partial charge in [0, 0.05) is 19.1 Å². The molecule has 1 amide bonds. The summed E-state index contributed by atoms with van der Waals surface area (Å²) in [5.41, 5.74) is 0. The van der Waals surface area contributed by atoms with Crippen molar-refractivity contribution in [1.29, 1.82) is 0 Å². The molecular weight excluding hydrogens is 180 g/mol. The summed E-state index contributed by atoms with van der Waals surface area (Å²) in [5, 5.41) is 9.17. The number of nitrogens with zero attached hydrogens (tertiary/aromatic N) is 2. The molecule has 0 aliphatic carbocycles. The second-order valence-corrected chi connectivity index (χ2v) is 4.16. The van der Waals surface area contributed by atoms with Gasteiger partial charge in [-0.25, -0.2) is 0 Å². The molecule has 1 heterocycles. The summed E-state index contributed by atoms with van der Waals surface area (Å²) in [4.78, 5) is 15.7. The fraction of sp³-hybridized carbons (Fsp3) is 0.900. The van der Waals surface area contributed by atoms with Crippen LogP contribution in [-0.4, -0.2) is 59.6 Å². The normalized spacial score (nSPS) is 25.6. The van der Waals surface area contributed by atoms with Crippen LogP contribution in [0, 0.1) is 0 Å². The van der Waals surface area contributed by atoms with E-state index in [-0.39, 0.29) is 24.6 Å². The Labute approximate surface area is 85.5 Å². The van der Waals surface area contributed by atoms with Gasteiger partial charge in [0.05, 0.1) is 6.61 Å². The number of hydrogen-bond acceptors (Lipinski definition) is 3. The lowest BCUT2D eigenvalue weighted by Gasteiger charge is -2.29. The molecule has 0 aromatic heterocycles. The topological polar surface area (TPSA) is 43.8 Å². The Morgan fingerprint density at radius 1 is 1.50 bits per heavy atom. The van der Waals surface area contributed by atoms with Gasteiger partial charge in [-0.1, -0.05) is 0 Å². The van der Waals surface area contributed by atoms with E-state index < -0.39 is 0 Å². The molecule has 0 radical (unpaired) electrons. The van der Waals surface area contributed by atoms with Crippen molar-refractivity contribution in [2.75, 3.05) is 26.7 Å². The van der Waals surface area contributed by atoms with Crippen LogP contribution in [0.4, 0.5) is 0 Å². The molecule has 1 rings (SSSR count). The van der Waals surface area contributed by atoms with Gasteiger partial charge < -0.3 is 10.0 Å². The number of rotatable bonds is 2. The molecule has 0 bridgehead atoms. The number of likely N-dealkylation sites (N-methyl/N-ethyl adjacent to an activating group) is 1. The van der Waals surface area contributed by atoms with Gasteiger partial charge in [0.15, 0.2) is 0 Å². The lowest BCUT2D eigenvalue weighted by atomic mass is 10.2. The van der Waals surface area contributed by atoms with Gasteiger partial charge in [0.1, 0.15) is 6.04 Å². The van der Waals surface area contributed by atoms with Crippen LogP contribution in [0.1, 0.15) is 20.3 Å². The molecule has 1 atom stereocenters. The van der Waals surface area contributed by atoms with Crippen molar-refractivity contribution in [2.45, 2.75) is 32.4 Å². The number of hydrogen-bond donors (Lipinski definition) is 1. The first-order chi connectivity index (χ1) is 6.57. The van der Waals surface area contributed by atoms with Crippen molar-refractivity contribution in [3.63, 3.8) is 0 Å². The molecule has 1 aliphatic heterocycles. The van der Waals surface area contributed by atoms with E-state index in [1.165, 1.54) is 0 Å². The van der Waals surface area contributed by atoms with E-state index >= 15 is 0 Å². The van der Waals surface area contributed by atoms with Crippen LogP contribution in [-0.2, 0) is 4.79 Å². The molecule has 14 heavy (non-hydrogen) atoms. The highest BCUT2D eigenvalue weighted by molar-refractivity contribution is 5.82. The average molecular weight is 200 g/mol. The van der Waals surface area contributed by atoms with Crippen LogP contribution < -0.4 is 0 Å². The minimum absolute atomic E-state index is 0.0579. The molecule has 4 heteroatoms. The Morgan fingerprint density at radius 2 is 2.14 bits per heavy atom. The van der Waals surface area contributed by atoms with E-state index in [0.717, 1.165) is 19.5 Å². The Morgan fingerprint density at radius 3 is 2.64 bits per heavy atom. The summed E-state index contributed by atoms with van der Waals surface area (Å²) in [6, 6.07) is -0.122. The molecule has 1 saturated heterocycles. The molecule has 1 aliphatic rings. The van der Waals surface area contributed by atoms with E-state index in [9.17, 15) is 4.79 Å². The van der Waals surface area contributed by atoms with Gasteiger partial charge in [-0.15, -0.1) is 0 Å². The predicted molar refractivity (Wildman–Crippen MR) is 55.0 cm³/mol. The van der Waals surface area contributed by atoms with E-state index in [2.05, 4.69) is 0 Å². The predicted octanol–water partition coefficient (Wildman–Crippen LogP) is -0.0802. The first-order valence-electron chi connectivity index (χ1n) is 5.19. The smallest absolute Gasteiger partial charge is 0.242 e. The highest BCUT2D eigenvalue weighted by Crippen LogP contribution is 2.12. The largest absolute Gasteiger partial charge is 0.394 e. The third-order valence-electron chi connectivity index (χ3n) is 2.81. The highest BCUT2D eigenvalue weighted by atomic mass is 16.3. The maximum Gasteiger partial charge on any atom is 0.242 e. The Kier molecular flexibility index (Phi) is 3.89. The zero-order valence-corrected chi connectivity index (χ0v) is 9.23. The van der Waals surface area contributed by atoms with E-state index in [0.29, 0.717) is 0 Å². The second kappa shape index (κ2) is 4.75. The third kappa shape index (κ3) is 2.25. The number of aliphatic hydroxyl groups is 1. The lowest BCUT2D eigenvalue weighted by Crippen LogP contribution is -2.48. The van der Waals surface area contributed by atoms with Crippen molar-refractivity contribution < 1.29 is 9.90 Å². The SMILES string of the molecule is CC(C)N1CCCN(C)C(CO)C1=O. The van der Waals surface area contributed by atoms with Gasteiger partial charge in [-0.05, 0) is 27.3 Å². The van der Waals surface area contributed by atoms with Crippen LogP contribution in [0.15, 0.2) is 0 Å². The summed E-state index contributed by atoms with van der Waals surface area (Å²) in [6.45, 7) is 5.62. The van der Waals surface area contributed by atoms with Crippen molar-refractivity contribution in [1.82, 2.24) is 9.80 Å². The molecule has 0 aromatic carbocycles. The number of amides is 1. The summed E-state index contributed by atoms with van der Waals surface area (Å²) >= 11 is 0. The second-order valence-electron chi connectivity index (χ2n) is 4.16. The molecule has 82 valence electrons. The summed E-state index contributed by atoms with van der Waals surface area (Å²) < 4.78 is 0. The Hall–Kier alpha value is -0.610. The number of carbonyl (C=O) groups is 1. The van der Waals surface area contributed by atoms with Crippen LogP contribution in [0.5, 0.6) is 0 Å². The van der Waals surface area contributed by atoms with Crippen molar-refractivity contribution in [2.24, 2.45) is 0 Å². The molecule has 0 saturated carbocycles. The van der Waals surface area contributed by atoms with Crippen LogP contribution in [0.3, 0.4) is 0 Å². The summed E-state index contributed by atoms with van der Waals surface area (Å²) in [7, 11) is 1.89. The molecule has 0 spiro atoms. The molecule has 0 aromatic rings.